The topological polar surface area (TPSA) is 94.6 Å². The maximum absolute atomic E-state index is 11.5. The van der Waals surface area contributed by atoms with Crippen molar-refractivity contribution < 1.29 is 14.6 Å². The smallest absolute Gasteiger partial charge is 0.335 e. The summed E-state index contributed by atoms with van der Waals surface area (Å²) in [5.41, 5.74) is 3.95. The number of fused-ring (bicyclic) bond motifs is 4. The van der Waals surface area contributed by atoms with E-state index in [9.17, 15) is 9.90 Å². The summed E-state index contributed by atoms with van der Waals surface area (Å²) >= 11 is 0. The Morgan fingerprint density at radius 3 is 3.00 bits per heavy atom. The molecule has 0 saturated carbocycles. The van der Waals surface area contributed by atoms with E-state index >= 15 is 0 Å². The molecule has 8 nitrogen and oxygen atoms in total. The molecule has 0 radical (unpaired) electrons. The number of hydrogen-bond donors (Lipinski definition) is 2. The molecule has 0 spiro atoms. The number of nitrogens with one attached hydrogen (secondary N) is 1. The highest BCUT2D eigenvalue weighted by molar-refractivity contribution is 5.94. The lowest BCUT2D eigenvalue weighted by atomic mass is 10.1. The van der Waals surface area contributed by atoms with Gasteiger partial charge in [0.2, 0.25) is 0 Å². The quantitative estimate of drug-likeness (QED) is 0.515. The minimum atomic E-state index is -0.946. The monoisotopic (exact) mass is 427 g/mol. The second-order valence-electron chi connectivity index (χ2n) is 8.04. The number of hydrogen-bond acceptors (Lipinski definition) is 6. The van der Waals surface area contributed by atoms with Crippen LogP contribution in [0.1, 0.15) is 10.4 Å². The number of H-pyrrole nitrogens is 1. The van der Waals surface area contributed by atoms with Gasteiger partial charge in [0.15, 0.2) is 11.6 Å². The van der Waals surface area contributed by atoms with Crippen molar-refractivity contribution in [1.29, 1.82) is 0 Å². The molecular formula is C24H21N5O3. The maximum atomic E-state index is 11.5. The van der Waals surface area contributed by atoms with E-state index in [2.05, 4.69) is 14.8 Å². The van der Waals surface area contributed by atoms with Gasteiger partial charge in [-0.1, -0.05) is 18.2 Å². The van der Waals surface area contributed by atoms with Gasteiger partial charge < -0.3 is 24.6 Å². The number of aromatic amines is 1. The van der Waals surface area contributed by atoms with E-state index in [-0.39, 0.29) is 11.6 Å². The molecule has 4 aromatic rings. The first kappa shape index (κ1) is 18.8. The second-order valence-corrected chi connectivity index (χ2v) is 8.04. The Morgan fingerprint density at radius 2 is 2.09 bits per heavy atom. The Balaban J connectivity index is 1.50. The number of carboxylic acid groups (broad SMARTS) is 1. The zero-order chi connectivity index (χ0) is 21.7. The zero-order valence-corrected chi connectivity index (χ0v) is 17.2. The van der Waals surface area contributed by atoms with Crippen LogP contribution in [0.15, 0.2) is 60.9 Å². The first-order valence-electron chi connectivity index (χ1n) is 10.6. The highest BCUT2D eigenvalue weighted by Gasteiger charge is 2.35. The van der Waals surface area contributed by atoms with Gasteiger partial charge in [0, 0.05) is 41.4 Å². The number of carboxylic acids is 1. The lowest BCUT2D eigenvalue weighted by Crippen LogP contribution is -2.54. The predicted molar refractivity (Wildman–Crippen MR) is 122 cm³/mol. The minimum absolute atomic E-state index is 0.121. The van der Waals surface area contributed by atoms with Crippen molar-refractivity contribution >= 4 is 34.1 Å². The Labute approximate surface area is 184 Å². The molecule has 0 bridgehead atoms. The molecule has 1 unspecified atom stereocenters. The van der Waals surface area contributed by atoms with Crippen LogP contribution in [0.5, 0.6) is 0 Å². The number of benzene rings is 2. The molecule has 1 atom stereocenters. The number of rotatable bonds is 3. The van der Waals surface area contributed by atoms with Crippen molar-refractivity contribution in [1.82, 2.24) is 15.0 Å². The highest BCUT2D eigenvalue weighted by Crippen LogP contribution is 2.40. The van der Waals surface area contributed by atoms with Crippen LogP contribution in [-0.2, 0) is 4.74 Å². The zero-order valence-electron chi connectivity index (χ0n) is 17.2. The molecule has 8 heteroatoms. The van der Waals surface area contributed by atoms with E-state index in [1.807, 2.05) is 42.7 Å². The summed E-state index contributed by atoms with van der Waals surface area (Å²) in [6, 6.07) is 15.2. The van der Waals surface area contributed by atoms with E-state index in [0.29, 0.717) is 25.6 Å². The molecule has 32 heavy (non-hydrogen) atoms. The van der Waals surface area contributed by atoms with Crippen LogP contribution in [0.25, 0.3) is 22.3 Å². The number of carbonyl (C=O) groups is 1. The van der Waals surface area contributed by atoms with Gasteiger partial charge in [-0.2, -0.15) is 0 Å². The first-order chi connectivity index (χ1) is 15.7. The summed E-state index contributed by atoms with van der Waals surface area (Å²) in [5.74, 6) is 0.570. The first-order valence-corrected chi connectivity index (χ1v) is 10.6. The summed E-state index contributed by atoms with van der Waals surface area (Å²) in [7, 11) is 0. The Morgan fingerprint density at radius 1 is 1.19 bits per heavy atom. The summed E-state index contributed by atoms with van der Waals surface area (Å²) < 4.78 is 5.75. The fourth-order valence-corrected chi connectivity index (χ4v) is 4.62. The van der Waals surface area contributed by atoms with Gasteiger partial charge in [-0.15, -0.1) is 0 Å². The fraction of sp³-hybridized carbons (Fsp3) is 0.208. The number of morpholine rings is 1. The Hall–Kier alpha value is -3.91. The van der Waals surface area contributed by atoms with Gasteiger partial charge in [0.25, 0.3) is 0 Å². The average Bonchev–Trinajstić information content (AvgIpc) is 3.32. The van der Waals surface area contributed by atoms with E-state index < -0.39 is 5.97 Å². The molecule has 1 saturated heterocycles. The Bertz CT molecular complexity index is 1330. The van der Waals surface area contributed by atoms with Crippen LogP contribution in [0.2, 0.25) is 0 Å². The Kier molecular flexibility index (Phi) is 4.32. The summed E-state index contributed by atoms with van der Waals surface area (Å²) in [4.78, 5) is 28.9. The molecule has 160 valence electrons. The minimum Gasteiger partial charge on any atom is -0.478 e. The molecule has 6 rings (SSSR count). The molecule has 0 aliphatic carbocycles. The lowest BCUT2D eigenvalue weighted by molar-refractivity contribution is 0.0697. The van der Waals surface area contributed by atoms with Crippen molar-refractivity contribution in [2.45, 2.75) is 6.04 Å². The summed E-state index contributed by atoms with van der Waals surface area (Å²) in [6.07, 6.45) is 3.77. The van der Waals surface area contributed by atoms with E-state index in [4.69, 9.17) is 14.7 Å². The normalized spacial score (nSPS) is 17.8. The van der Waals surface area contributed by atoms with Crippen LogP contribution in [-0.4, -0.2) is 58.4 Å². The highest BCUT2D eigenvalue weighted by atomic mass is 16.5. The van der Waals surface area contributed by atoms with Crippen molar-refractivity contribution in [3.05, 3.63) is 66.5 Å². The molecule has 2 aromatic heterocycles. The van der Waals surface area contributed by atoms with Gasteiger partial charge in [-0.25, -0.2) is 14.8 Å². The van der Waals surface area contributed by atoms with E-state index in [1.54, 1.807) is 18.2 Å². The molecular weight excluding hydrogens is 406 g/mol. The third-order valence-electron chi connectivity index (χ3n) is 6.17. The van der Waals surface area contributed by atoms with Crippen LogP contribution >= 0.6 is 0 Å². The number of aromatic nitrogens is 3. The molecule has 2 aliphatic heterocycles. The summed E-state index contributed by atoms with van der Waals surface area (Å²) in [5, 5.41) is 10.5. The third kappa shape index (κ3) is 2.99. The number of anilines is 3. The SMILES string of the molecule is O=C(O)c1cccc(N2CC3COCCN3c3nc(-c4cccc5[nH]ccc45)ncc32)c1. The van der Waals surface area contributed by atoms with Gasteiger partial charge in [-0.05, 0) is 30.3 Å². The average molecular weight is 427 g/mol. The molecule has 0 amide bonds. The van der Waals surface area contributed by atoms with Crippen molar-refractivity contribution in [2.24, 2.45) is 0 Å². The van der Waals surface area contributed by atoms with Crippen molar-refractivity contribution in [3.63, 3.8) is 0 Å². The van der Waals surface area contributed by atoms with Gasteiger partial charge in [0.05, 0.1) is 31.0 Å². The number of nitrogens with zero attached hydrogens (tertiary/aromatic N) is 4. The standard InChI is InChI=1S/C24H21N5O3/c30-24(31)15-3-1-4-16(11-15)29-13-17-14-32-10-9-28(17)23-21(29)12-26-22(27-23)19-5-2-6-20-18(19)7-8-25-20/h1-8,11-12,17,25H,9-10,13-14H2,(H,30,31). The largest absolute Gasteiger partial charge is 0.478 e. The van der Waals surface area contributed by atoms with Crippen LogP contribution in [0.3, 0.4) is 0 Å². The second kappa shape index (κ2) is 7.35. The summed E-state index contributed by atoms with van der Waals surface area (Å²) in [6.45, 7) is 2.68. The van der Waals surface area contributed by atoms with Gasteiger partial charge in [-0.3, -0.25) is 0 Å². The number of ether oxygens (including phenoxy) is 1. The lowest BCUT2D eigenvalue weighted by Gasteiger charge is -2.45. The third-order valence-corrected chi connectivity index (χ3v) is 6.17. The van der Waals surface area contributed by atoms with Gasteiger partial charge in [0.1, 0.15) is 5.69 Å². The van der Waals surface area contributed by atoms with Crippen molar-refractivity contribution in [3.8, 4) is 11.4 Å². The predicted octanol–water partition coefficient (Wildman–Crippen LogP) is 3.68. The van der Waals surface area contributed by atoms with Gasteiger partial charge >= 0.3 is 5.97 Å². The molecule has 2 aromatic carbocycles. The van der Waals surface area contributed by atoms with E-state index in [1.165, 1.54) is 0 Å². The molecule has 2 aliphatic rings. The molecule has 4 heterocycles. The number of aromatic carboxylic acids is 1. The maximum Gasteiger partial charge on any atom is 0.335 e. The molecule has 2 N–H and O–H groups in total. The van der Waals surface area contributed by atoms with Crippen molar-refractivity contribution in [2.75, 3.05) is 36.1 Å². The van der Waals surface area contributed by atoms with Crippen LogP contribution in [0, 0.1) is 0 Å². The van der Waals surface area contributed by atoms with Crippen LogP contribution < -0.4 is 9.80 Å². The van der Waals surface area contributed by atoms with E-state index in [0.717, 1.165) is 40.2 Å². The fourth-order valence-electron chi connectivity index (χ4n) is 4.62. The molecule has 1 fully saturated rings. The van der Waals surface area contributed by atoms with Crippen LogP contribution in [0.4, 0.5) is 17.2 Å².